The molecule has 0 spiro atoms. The fraction of sp³-hybridized carbons (Fsp3) is 0.286. The second-order valence-electron chi connectivity index (χ2n) is 7.62. The van der Waals surface area contributed by atoms with Gasteiger partial charge in [0.2, 0.25) is 5.82 Å². The number of para-hydroxylation sites is 1. The van der Waals surface area contributed by atoms with E-state index in [0.29, 0.717) is 0 Å². The minimum Gasteiger partial charge on any atom is -0.278 e. The molecular formula is C21H22N5+. The van der Waals surface area contributed by atoms with Gasteiger partial charge in [0.15, 0.2) is 5.52 Å². The van der Waals surface area contributed by atoms with Crippen molar-refractivity contribution in [2.45, 2.75) is 33.2 Å². The third-order valence-corrected chi connectivity index (χ3v) is 5.95. The van der Waals surface area contributed by atoms with Crippen molar-refractivity contribution in [1.82, 2.24) is 23.7 Å². The summed E-state index contributed by atoms with van der Waals surface area (Å²) in [5.41, 5.74) is 5.68. The molecule has 5 rings (SSSR count). The van der Waals surface area contributed by atoms with Crippen molar-refractivity contribution in [2.24, 2.45) is 7.05 Å². The molecule has 0 saturated heterocycles. The summed E-state index contributed by atoms with van der Waals surface area (Å²) in [4.78, 5) is 9.20. The van der Waals surface area contributed by atoms with Crippen molar-refractivity contribution < 1.29 is 0 Å². The average molecular weight is 344 g/mol. The number of hydrogen-bond acceptors (Lipinski definition) is 2. The molecule has 4 aromatic rings. The van der Waals surface area contributed by atoms with Gasteiger partial charge < -0.3 is 0 Å². The normalized spacial score (nSPS) is 16.0. The van der Waals surface area contributed by atoms with Gasteiger partial charge in [-0.3, -0.25) is 9.55 Å². The van der Waals surface area contributed by atoms with Gasteiger partial charge in [-0.1, -0.05) is 18.2 Å². The zero-order chi connectivity index (χ0) is 18.2. The smallest absolute Gasteiger partial charge is 0.278 e. The molecular weight excluding hydrogens is 322 g/mol. The van der Waals surface area contributed by atoms with Crippen LogP contribution in [0, 0.1) is 6.92 Å². The van der Waals surface area contributed by atoms with Crippen LogP contribution in [-0.2, 0) is 12.6 Å². The molecule has 4 heterocycles. The lowest BCUT2D eigenvalue weighted by molar-refractivity contribution is 0.528. The third-order valence-electron chi connectivity index (χ3n) is 5.95. The van der Waals surface area contributed by atoms with Crippen LogP contribution in [-0.4, -0.2) is 24.8 Å². The molecule has 5 heteroatoms. The van der Waals surface area contributed by atoms with Gasteiger partial charge in [-0.15, -0.1) is 4.98 Å². The van der Waals surface area contributed by atoms with Crippen LogP contribution in [0.1, 0.15) is 26.3 Å². The molecule has 130 valence electrons. The standard InChI is InChI=1S/C21H22N5/c1-13-15-8-6-7-9-17(15)24(5)19(13)25-14(2)21(3,4)26-18-10-11-22-12-16(18)23-20(25)26/h6-12H,1-5H3/q+1. The maximum absolute atomic E-state index is 4.94. The highest BCUT2D eigenvalue weighted by molar-refractivity contribution is 6.01. The molecule has 3 aromatic heterocycles. The van der Waals surface area contributed by atoms with Gasteiger partial charge in [-0.05, 0) is 39.8 Å². The average Bonchev–Trinajstić information content (AvgIpc) is 3.19. The van der Waals surface area contributed by atoms with Gasteiger partial charge in [0.05, 0.1) is 17.4 Å². The van der Waals surface area contributed by atoms with Crippen LogP contribution < -0.4 is 4.58 Å². The molecule has 0 amide bonds. The van der Waals surface area contributed by atoms with Crippen LogP contribution in [0.25, 0.3) is 21.9 Å². The first-order chi connectivity index (χ1) is 12.4. The van der Waals surface area contributed by atoms with Crippen LogP contribution in [0.4, 0.5) is 11.8 Å². The van der Waals surface area contributed by atoms with Crippen LogP contribution in [0.3, 0.4) is 0 Å². The maximum atomic E-state index is 4.94. The van der Waals surface area contributed by atoms with Crippen molar-refractivity contribution in [1.29, 1.82) is 0 Å². The minimum absolute atomic E-state index is 0.158. The SMILES string of the molecule is CC1=[N+](c2c(C)c3ccccc3n2C)c2nc3cnccc3n2C1(C)C. The number of benzene rings is 1. The first-order valence-corrected chi connectivity index (χ1v) is 8.94. The highest BCUT2D eigenvalue weighted by Gasteiger charge is 2.45. The van der Waals surface area contributed by atoms with Gasteiger partial charge in [-0.2, -0.15) is 4.58 Å². The summed E-state index contributed by atoms with van der Waals surface area (Å²) < 4.78 is 6.92. The van der Waals surface area contributed by atoms with Crippen LogP contribution >= 0.6 is 0 Å². The summed E-state index contributed by atoms with van der Waals surface area (Å²) in [6, 6.07) is 10.6. The number of hydrogen-bond donors (Lipinski definition) is 0. The summed E-state index contributed by atoms with van der Waals surface area (Å²) in [5, 5.41) is 1.28. The number of nitrogens with zero attached hydrogens (tertiary/aromatic N) is 5. The molecule has 26 heavy (non-hydrogen) atoms. The van der Waals surface area contributed by atoms with Crippen molar-refractivity contribution in [3.8, 4) is 0 Å². The van der Waals surface area contributed by atoms with E-state index in [1.54, 1.807) is 0 Å². The monoisotopic (exact) mass is 344 g/mol. The molecule has 5 nitrogen and oxygen atoms in total. The quantitative estimate of drug-likeness (QED) is 0.484. The zero-order valence-corrected chi connectivity index (χ0v) is 15.8. The first-order valence-electron chi connectivity index (χ1n) is 8.94. The fourth-order valence-corrected chi connectivity index (χ4v) is 4.35. The maximum Gasteiger partial charge on any atom is 0.360 e. The highest BCUT2D eigenvalue weighted by atomic mass is 15.4. The fourth-order valence-electron chi connectivity index (χ4n) is 4.35. The number of rotatable bonds is 1. The number of aryl methyl sites for hydroxylation is 2. The van der Waals surface area contributed by atoms with Gasteiger partial charge in [0.1, 0.15) is 11.1 Å². The Hall–Kier alpha value is -2.95. The molecule has 1 aromatic carbocycles. The second-order valence-corrected chi connectivity index (χ2v) is 7.62. The van der Waals surface area contributed by atoms with Crippen LogP contribution in [0.15, 0.2) is 42.7 Å². The van der Waals surface area contributed by atoms with E-state index in [4.69, 9.17) is 4.98 Å². The Bertz CT molecular complexity index is 1200. The van der Waals surface area contributed by atoms with E-state index in [9.17, 15) is 0 Å². The molecule has 1 aliphatic heterocycles. The van der Waals surface area contributed by atoms with Crippen molar-refractivity contribution in [3.05, 3.63) is 48.3 Å². The topological polar surface area (TPSA) is 38.6 Å². The Kier molecular flexibility index (Phi) is 2.84. The summed E-state index contributed by atoms with van der Waals surface area (Å²) in [6.45, 7) is 8.92. The Balaban J connectivity index is 1.91. The predicted molar refractivity (Wildman–Crippen MR) is 107 cm³/mol. The number of fused-ring (bicyclic) bond motifs is 4. The Morgan fingerprint density at radius 2 is 1.81 bits per heavy atom. The van der Waals surface area contributed by atoms with Gasteiger partial charge >= 0.3 is 5.95 Å². The lowest BCUT2D eigenvalue weighted by atomic mass is 9.99. The van der Waals surface area contributed by atoms with E-state index in [1.807, 2.05) is 12.4 Å². The minimum atomic E-state index is -0.158. The Morgan fingerprint density at radius 1 is 1.04 bits per heavy atom. The number of pyridine rings is 1. The predicted octanol–water partition coefficient (Wildman–Crippen LogP) is 4.28. The lowest BCUT2D eigenvalue weighted by Crippen LogP contribution is -2.31. The van der Waals surface area contributed by atoms with E-state index in [1.165, 1.54) is 28.0 Å². The second kappa shape index (κ2) is 4.81. The van der Waals surface area contributed by atoms with E-state index >= 15 is 0 Å². The number of imidazole rings is 1. The van der Waals surface area contributed by atoms with Crippen molar-refractivity contribution in [2.75, 3.05) is 0 Å². The Labute approximate surface area is 152 Å². The van der Waals surface area contributed by atoms with Gasteiger partial charge in [0.25, 0.3) is 0 Å². The summed E-state index contributed by atoms with van der Waals surface area (Å²) in [6.07, 6.45) is 3.69. The molecule has 0 radical (unpaired) electrons. The van der Waals surface area contributed by atoms with Crippen LogP contribution in [0.5, 0.6) is 0 Å². The van der Waals surface area contributed by atoms with E-state index in [2.05, 4.69) is 83.8 Å². The lowest BCUT2D eigenvalue weighted by Gasteiger charge is -2.18. The molecule has 0 aliphatic carbocycles. The molecule has 0 atom stereocenters. The van der Waals surface area contributed by atoms with Gasteiger partial charge in [0, 0.05) is 24.2 Å². The highest BCUT2D eigenvalue weighted by Crippen LogP contribution is 2.41. The third kappa shape index (κ3) is 1.68. The largest absolute Gasteiger partial charge is 0.360 e. The summed E-state index contributed by atoms with van der Waals surface area (Å²) >= 11 is 0. The van der Waals surface area contributed by atoms with E-state index < -0.39 is 0 Å². The molecule has 0 bridgehead atoms. The molecule has 1 aliphatic rings. The van der Waals surface area contributed by atoms with Crippen molar-refractivity contribution >= 4 is 39.4 Å². The van der Waals surface area contributed by atoms with Gasteiger partial charge in [-0.25, -0.2) is 4.57 Å². The number of aromatic nitrogens is 4. The van der Waals surface area contributed by atoms with E-state index in [-0.39, 0.29) is 5.54 Å². The van der Waals surface area contributed by atoms with Crippen LogP contribution in [0.2, 0.25) is 0 Å². The first kappa shape index (κ1) is 15.3. The molecule has 0 unspecified atom stereocenters. The molecule has 0 saturated carbocycles. The Morgan fingerprint density at radius 3 is 2.58 bits per heavy atom. The summed E-state index contributed by atoms with van der Waals surface area (Å²) in [5.74, 6) is 2.14. The summed E-state index contributed by atoms with van der Waals surface area (Å²) in [7, 11) is 2.14. The van der Waals surface area contributed by atoms with E-state index in [0.717, 1.165) is 17.0 Å². The zero-order valence-electron chi connectivity index (χ0n) is 15.8. The molecule has 0 fully saturated rings. The van der Waals surface area contributed by atoms with Crippen molar-refractivity contribution in [3.63, 3.8) is 0 Å². The molecule has 0 N–H and O–H groups in total.